The van der Waals surface area contributed by atoms with Crippen LogP contribution in [0.5, 0.6) is 0 Å². The number of halogens is 2. The number of carbonyl (C=O) groups is 2. The van der Waals surface area contributed by atoms with Crippen LogP contribution in [0.2, 0.25) is 0 Å². The summed E-state index contributed by atoms with van der Waals surface area (Å²) in [6.07, 6.45) is 0.189. The van der Waals surface area contributed by atoms with Gasteiger partial charge in [-0.25, -0.2) is 15.0 Å². The number of ketones is 2. The number of hydrogen-bond acceptors (Lipinski definition) is 10. The summed E-state index contributed by atoms with van der Waals surface area (Å²) in [6, 6.07) is 0. The number of Topliss-reactive ketones (excluding diaryl/α,β-unsaturated/α-hetero) is 1. The van der Waals surface area contributed by atoms with Gasteiger partial charge in [-0.05, 0) is 40.1 Å². The van der Waals surface area contributed by atoms with Crippen LogP contribution in [0.25, 0.3) is 15.8 Å². The quantitative estimate of drug-likeness (QED) is 0.318. The van der Waals surface area contributed by atoms with Crippen LogP contribution in [0, 0.1) is 5.92 Å². The minimum atomic E-state index is -1.26. The summed E-state index contributed by atoms with van der Waals surface area (Å²) in [7, 11) is 1.39. The Morgan fingerprint density at radius 1 is 1.10 bits per heavy atom. The van der Waals surface area contributed by atoms with Gasteiger partial charge in [0, 0.05) is 50.9 Å². The molecule has 0 radical (unpaired) electrons. The Bertz CT molecular complexity index is 1690. The molecule has 200 valence electrons. The van der Waals surface area contributed by atoms with Crippen molar-refractivity contribution in [2.75, 3.05) is 13.7 Å². The zero-order chi connectivity index (χ0) is 27.3. The number of benzene rings is 1. The highest BCUT2D eigenvalue weighted by atomic mass is 79.9. The summed E-state index contributed by atoms with van der Waals surface area (Å²) in [6.45, 7) is -0.380. The summed E-state index contributed by atoms with van der Waals surface area (Å²) in [5, 5.41) is 33.2. The summed E-state index contributed by atoms with van der Waals surface area (Å²) >= 11 is 7.22. The van der Waals surface area contributed by atoms with Crippen LogP contribution in [0.3, 0.4) is 0 Å². The molecular formula is C27H21Br2N3O7. The molecule has 4 heterocycles. The lowest BCUT2D eigenvalue weighted by atomic mass is 9.80. The van der Waals surface area contributed by atoms with Gasteiger partial charge in [0.25, 0.3) is 0 Å². The van der Waals surface area contributed by atoms with Gasteiger partial charge in [0.2, 0.25) is 0 Å². The summed E-state index contributed by atoms with van der Waals surface area (Å²) in [5.74, 6) is -0.979. The van der Waals surface area contributed by atoms with Gasteiger partial charge in [-0.1, -0.05) is 15.9 Å². The van der Waals surface area contributed by atoms with Gasteiger partial charge in [0.1, 0.15) is 34.7 Å². The molecule has 39 heavy (non-hydrogen) atoms. The number of nitrogens with zero attached hydrogens (tertiary/aromatic N) is 3. The number of rotatable bonds is 3. The predicted molar refractivity (Wildman–Crippen MR) is 150 cm³/mol. The van der Waals surface area contributed by atoms with Crippen LogP contribution in [0.4, 0.5) is 11.4 Å². The molecule has 12 heteroatoms. The molecule has 10 nitrogen and oxygen atoms in total. The van der Waals surface area contributed by atoms with Gasteiger partial charge in [0.15, 0.2) is 11.6 Å². The molecule has 0 amide bonds. The fraction of sp³-hybridized carbons (Fsp3) is 0.370. The molecule has 7 rings (SSSR count). The molecule has 1 saturated heterocycles. The summed E-state index contributed by atoms with van der Waals surface area (Å²) in [5.41, 5.74) is 4.90. The normalized spacial score (nSPS) is 32.3. The van der Waals surface area contributed by atoms with Gasteiger partial charge in [-0.2, -0.15) is 0 Å². The number of fused-ring (bicyclic) bond motifs is 9. The van der Waals surface area contributed by atoms with E-state index in [-0.39, 0.29) is 30.3 Å². The molecule has 0 bridgehead atoms. The van der Waals surface area contributed by atoms with Gasteiger partial charge < -0.3 is 24.8 Å². The first-order valence-electron chi connectivity index (χ1n) is 12.4. The SMILES string of the molecule is CO[C@H]1[C@H](O)[C@@H](O)[C@H](C2CC3=c4c(c5c(c6c4=C(Br)N=C6)C4=CC(=O)CC(=O)C4=N5)N=C3C=C2Br)O[C@@H]1CO. The zero-order valence-corrected chi connectivity index (χ0v) is 23.6. The molecule has 6 aliphatic rings. The largest absolute Gasteiger partial charge is 0.394 e. The number of allylic oxidation sites excluding steroid dienone is 3. The van der Waals surface area contributed by atoms with E-state index < -0.39 is 36.4 Å². The lowest BCUT2D eigenvalue weighted by Crippen LogP contribution is -2.61. The number of aliphatic hydroxyl groups excluding tert-OH is 3. The number of aliphatic imine (C=N–C) groups is 3. The highest BCUT2D eigenvalue weighted by Crippen LogP contribution is 2.47. The van der Waals surface area contributed by atoms with Crippen molar-refractivity contribution >= 4 is 88.2 Å². The van der Waals surface area contributed by atoms with E-state index in [1.165, 1.54) is 13.2 Å². The van der Waals surface area contributed by atoms with Crippen LogP contribution in [0.1, 0.15) is 24.0 Å². The lowest BCUT2D eigenvalue weighted by molar-refractivity contribution is -0.243. The number of carbonyl (C=O) groups excluding carboxylic acids is 2. The van der Waals surface area contributed by atoms with Crippen molar-refractivity contribution in [1.29, 1.82) is 0 Å². The molecule has 4 aliphatic heterocycles. The Hall–Kier alpha value is -2.45. The first-order valence-corrected chi connectivity index (χ1v) is 14.0. The Morgan fingerprint density at radius 2 is 1.90 bits per heavy atom. The Kier molecular flexibility index (Phi) is 5.91. The molecule has 6 atom stereocenters. The van der Waals surface area contributed by atoms with Crippen LogP contribution in [0.15, 0.2) is 31.6 Å². The van der Waals surface area contributed by atoms with Crippen molar-refractivity contribution < 1.29 is 34.4 Å². The van der Waals surface area contributed by atoms with Gasteiger partial charge in [-0.15, -0.1) is 0 Å². The van der Waals surface area contributed by atoms with E-state index in [1.807, 2.05) is 6.08 Å². The smallest absolute Gasteiger partial charge is 0.189 e. The van der Waals surface area contributed by atoms with Gasteiger partial charge in [-0.3, -0.25) is 9.59 Å². The molecule has 1 fully saturated rings. The maximum Gasteiger partial charge on any atom is 0.189 e. The van der Waals surface area contributed by atoms with Crippen molar-refractivity contribution in [3.63, 3.8) is 0 Å². The third-order valence-corrected chi connectivity index (χ3v) is 9.54. The first-order chi connectivity index (χ1) is 18.7. The van der Waals surface area contributed by atoms with Crippen LogP contribution < -0.4 is 10.4 Å². The Balaban J connectivity index is 1.41. The summed E-state index contributed by atoms with van der Waals surface area (Å²) < 4.78 is 12.7. The second kappa shape index (κ2) is 9.03. The molecule has 1 aromatic carbocycles. The highest BCUT2D eigenvalue weighted by Gasteiger charge is 2.49. The minimum absolute atomic E-state index is 0.206. The monoisotopic (exact) mass is 657 g/mol. The molecule has 3 N–H and O–H groups in total. The highest BCUT2D eigenvalue weighted by molar-refractivity contribution is 9.14. The van der Waals surface area contributed by atoms with E-state index in [4.69, 9.17) is 14.5 Å². The number of aliphatic hydroxyl groups is 3. The van der Waals surface area contributed by atoms with E-state index in [1.54, 1.807) is 6.21 Å². The third kappa shape index (κ3) is 3.52. The first kappa shape index (κ1) is 25.5. The molecule has 1 aromatic rings. The second-order valence-corrected chi connectivity index (χ2v) is 11.9. The van der Waals surface area contributed by atoms with Crippen LogP contribution >= 0.6 is 31.9 Å². The lowest BCUT2D eigenvalue weighted by Gasteiger charge is -2.45. The van der Waals surface area contributed by atoms with E-state index in [0.717, 1.165) is 26.1 Å². The zero-order valence-electron chi connectivity index (χ0n) is 20.4. The third-order valence-electron chi connectivity index (χ3n) is 8.12. The minimum Gasteiger partial charge on any atom is -0.394 e. The summed E-state index contributed by atoms with van der Waals surface area (Å²) in [4.78, 5) is 39.1. The molecule has 0 aromatic heterocycles. The van der Waals surface area contributed by atoms with Crippen LogP contribution in [-0.4, -0.2) is 88.8 Å². The molecule has 2 aliphatic carbocycles. The average Bonchev–Trinajstić information content (AvgIpc) is 3.58. The average molecular weight is 659 g/mol. The number of ether oxygens (including phenoxy) is 2. The molecule has 0 spiro atoms. The molecule has 1 unspecified atom stereocenters. The number of methoxy groups -OCH3 is 1. The standard InChI is InChI=1S/C27H21Br2N3O7/c1-38-26-16(7-33)39-25(23(36)24(26)37)9-4-10-14(5-13(9)28)31-22-18(10)19-12(6-30-27(19)29)17-11-2-8(34)3-15(35)20(11)32-21(17)22/h2,5-6,9,16,23-26,33,36-37H,3-4,7H2,1H3/t9?,16-,23-,24-,25+,26-/m1/s1. The van der Waals surface area contributed by atoms with Crippen LogP contribution in [-0.2, 0) is 19.1 Å². The van der Waals surface area contributed by atoms with E-state index >= 15 is 0 Å². The van der Waals surface area contributed by atoms with Crippen molar-refractivity contribution in [2.24, 2.45) is 20.9 Å². The Labute approximate surface area is 238 Å². The van der Waals surface area contributed by atoms with Crippen molar-refractivity contribution in [1.82, 2.24) is 0 Å². The maximum atomic E-state index is 12.7. The predicted octanol–water partition coefficient (Wildman–Crippen LogP) is 0.623. The van der Waals surface area contributed by atoms with Crippen molar-refractivity contribution in [3.05, 3.63) is 38.2 Å². The fourth-order valence-electron chi connectivity index (χ4n) is 6.36. The topological polar surface area (TPSA) is 150 Å². The maximum absolute atomic E-state index is 12.7. The van der Waals surface area contributed by atoms with Crippen molar-refractivity contribution in [3.8, 4) is 0 Å². The van der Waals surface area contributed by atoms with E-state index in [0.29, 0.717) is 39.3 Å². The van der Waals surface area contributed by atoms with E-state index in [2.05, 4.69) is 41.8 Å². The van der Waals surface area contributed by atoms with Gasteiger partial charge >= 0.3 is 0 Å². The fourth-order valence-corrected chi connectivity index (χ4v) is 7.52. The number of hydrogen-bond donors (Lipinski definition) is 3. The van der Waals surface area contributed by atoms with E-state index in [9.17, 15) is 24.9 Å². The van der Waals surface area contributed by atoms with Crippen molar-refractivity contribution in [2.45, 2.75) is 43.4 Å². The molecule has 0 saturated carbocycles. The Morgan fingerprint density at radius 3 is 2.64 bits per heavy atom. The molecular weight excluding hydrogens is 638 g/mol. The second-order valence-electron chi connectivity index (χ2n) is 10.2. The van der Waals surface area contributed by atoms with Gasteiger partial charge in [0.05, 0.1) is 36.2 Å².